The SMILES string of the molecule is Cc1cn2c(-c3cnn(CC(=O)Nc4ccncc4CO)c3)cnc2c(Nc2cc(CN3CCCC(C)C3)ns2)n1. The number of likely N-dealkylation sites (tertiary alicyclic amines) is 1. The molecule has 1 amide bonds. The summed E-state index contributed by atoms with van der Waals surface area (Å²) in [4.78, 5) is 28.5. The van der Waals surface area contributed by atoms with E-state index in [0.29, 0.717) is 22.7 Å². The van der Waals surface area contributed by atoms with Crippen LogP contribution in [0, 0.1) is 12.8 Å². The number of aliphatic hydroxyl groups excluding tert-OH is 1. The Kier molecular flexibility index (Phi) is 7.72. The molecular formula is C28H32N10O2S. The van der Waals surface area contributed by atoms with Crippen molar-refractivity contribution in [1.82, 2.24) is 38.4 Å². The molecule has 5 aromatic rings. The van der Waals surface area contributed by atoms with Crippen molar-refractivity contribution >= 4 is 39.6 Å². The van der Waals surface area contributed by atoms with Crippen molar-refractivity contribution in [3.05, 3.63) is 66.3 Å². The van der Waals surface area contributed by atoms with Crippen LogP contribution < -0.4 is 10.6 Å². The monoisotopic (exact) mass is 572 g/mol. The standard InChI is InChI=1S/C28H32N10O2S/c1-18-4-3-7-36(12-18)15-22-8-26(41-35-22)34-27-28-30-11-24(38(28)13-19(2)32-27)20-10-31-37(14-20)16-25(40)33-23-5-6-29-9-21(23)17-39/h5-6,8-11,13-14,18,39H,3-4,7,12,15-17H2,1-2H3,(H,32,34)(H,29,33,40). The number of nitrogens with one attached hydrogen (secondary N) is 2. The number of hydrogen-bond acceptors (Lipinski definition) is 10. The lowest BCUT2D eigenvalue weighted by Crippen LogP contribution is -2.33. The highest BCUT2D eigenvalue weighted by atomic mass is 32.1. The number of pyridine rings is 1. The van der Waals surface area contributed by atoms with Crippen LogP contribution in [0.25, 0.3) is 16.9 Å². The molecule has 1 aliphatic heterocycles. The Bertz CT molecular complexity index is 1680. The van der Waals surface area contributed by atoms with Crippen LogP contribution in [0.4, 0.5) is 16.5 Å². The minimum atomic E-state index is -0.260. The summed E-state index contributed by atoms with van der Waals surface area (Å²) in [6.07, 6.45) is 12.9. The van der Waals surface area contributed by atoms with Gasteiger partial charge in [-0.1, -0.05) is 6.92 Å². The lowest BCUT2D eigenvalue weighted by Gasteiger charge is -2.30. The molecule has 0 radical (unpaired) electrons. The van der Waals surface area contributed by atoms with Crippen molar-refractivity contribution in [1.29, 1.82) is 0 Å². The van der Waals surface area contributed by atoms with Gasteiger partial charge in [0.25, 0.3) is 0 Å². The molecule has 6 heterocycles. The Balaban J connectivity index is 1.17. The molecule has 0 bridgehead atoms. The zero-order valence-electron chi connectivity index (χ0n) is 23.0. The number of piperidine rings is 1. The van der Waals surface area contributed by atoms with Crippen LogP contribution in [0.15, 0.2) is 49.3 Å². The molecule has 0 spiro atoms. The third-order valence-corrected chi connectivity index (χ3v) is 7.87. The Morgan fingerprint density at radius 3 is 3.00 bits per heavy atom. The first kappa shape index (κ1) is 27.0. The fourth-order valence-corrected chi connectivity index (χ4v) is 5.88. The molecule has 0 saturated carbocycles. The maximum atomic E-state index is 12.6. The van der Waals surface area contributed by atoms with E-state index in [4.69, 9.17) is 4.98 Å². The van der Waals surface area contributed by atoms with E-state index in [1.54, 1.807) is 29.3 Å². The number of carbonyl (C=O) groups excluding carboxylic acids is 1. The number of amides is 1. The molecule has 1 saturated heterocycles. The molecule has 41 heavy (non-hydrogen) atoms. The molecule has 0 aliphatic carbocycles. The summed E-state index contributed by atoms with van der Waals surface area (Å²) in [6.45, 7) is 7.16. The Morgan fingerprint density at radius 1 is 1.24 bits per heavy atom. The van der Waals surface area contributed by atoms with Gasteiger partial charge in [-0.15, -0.1) is 0 Å². The lowest BCUT2D eigenvalue weighted by atomic mass is 10.0. The Hall–Kier alpha value is -4.20. The van der Waals surface area contributed by atoms with E-state index in [1.807, 2.05) is 23.7 Å². The van der Waals surface area contributed by atoms with Crippen molar-refractivity contribution in [3.8, 4) is 11.3 Å². The van der Waals surface area contributed by atoms with Gasteiger partial charge < -0.3 is 15.7 Å². The highest BCUT2D eigenvalue weighted by Crippen LogP contribution is 2.28. The average Bonchev–Trinajstić information content (AvgIpc) is 3.69. The van der Waals surface area contributed by atoms with Crippen LogP contribution in [0.3, 0.4) is 0 Å². The van der Waals surface area contributed by atoms with Crippen LogP contribution in [-0.2, 0) is 24.5 Å². The first-order valence-electron chi connectivity index (χ1n) is 13.6. The van der Waals surface area contributed by atoms with Crippen molar-refractivity contribution in [2.75, 3.05) is 23.7 Å². The van der Waals surface area contributed by atoms with Crippen LogP contribution in [0.1, 0.15) is 36.7 Å². The van der Waals surface area contributed by atoms with Crippen molar-refractivity contribution < 1.29 is 9.90 Å². The van der Waals surface area contributed by atoms with Crippen LogP contribution >= 0.6 is 11.5 Å². The van der Waals surface area contributed by atoms with E-state index in [9.17, 15) is 9.90 Å². The predicted molar refractivity (Wildman–Crippen MR) is 157 cm³/mol. The third kappa shape index (κ3) is 6.11. The van der Waals surface area contributed by atoms with E-state index in [1.165, 1.54) is 30.6 Å². The van der Waals surface area contributed by atoms with Gasteiger partial charge >= 0.3 is 0 Å². The van der Waals surface area contributed by atoms with Gasteiger partial charge in [0, 0.05) is 54.7 Å². The number of aromatic nitrogens is 7. The first-order chi connectivity index (χ1) is 19.9. The molecule has 1 atom stereocenters. The van der Waals surface area contributed by atoms with Gasteiger partial charge in [-0.25, -0.2) is 9.97 Å². The largest absolute Gasteiger partial charge is 0.392 e. The van der Waals surface area contributed by atoms with Gasteiger partial charge in [-0.3, -0.25) is 23.8 Å². The minimum Gasteiger partial charge on any atom is -0.392 e. The topological polar surface area (TPSA) is 138 Å². The van der Waals surface area contributed by atoms with Crippen LogP contribution in [-0.4, -0.2) is 62.5 Å². The number of nitrogens with zero attached hydrogens (tertiary/aromatic N) is 8. The summed E-state index contributed by atoms with van der Waals surface area (Å²) in [5, 5.41) is 21.0. The summed E-state index contributed by atoms with van der Waals surface area (Å²) < 4.78 is 8.22. The van der Waals surface area contributed by atoms with E-state index >= 15 is 0 Å². The molecule has 212 valence electrons. The predicted octanol–water partition coefficient (Wildman–Crippen LogP) is 3.86. The smallest absolute Gasteiger partial charge is 0.246 e. The molecule has 6 rings (SSSR count). The van der Waals surface area contributed by atoms with E-state index in [2.05, 4.69) is 48.0 Å². The minimum absolute atomic E-state index is 0.0152. The second-order valence-corrected chi connectivity index (χ2v) is 11.3. The molecular weight excluding hydrogens is 540 g/mol. The summed E-state index contributed by atoms with van der Waals surface area (Å²) >= 11 is 1.43. The molecule has 1 unspecified atom stereocenters. The average molecular weight is 573 g/mol. The molecule has 0 aromatic carbocycles. The normalized spacial score (nSPS) is 15.8. The van der Waals surface area contributed by atoms with Crippen LogP contribution in [0.5, 0.6) is 0 Å². The summed E-state index contributed by atoms with van der Waals surface area (Å²) in [6, 6.07) is 3.75. The maximum Gasteiger partial charge on any atom is 0.246 e. The number of aliphatic hydroxyl groups is 1. The summed E-state index contributed by atoms with van der Waals surface area (Å²) in [7, 11) is 0. The molecule has 1 fully saturated rings. The fraction of sp³-hybridized carbons (Fsp3) is 0.357. The summed E-state index contributed by atoms with van der Waals surface area (Å²) in [5.74, 6) is 1.13. The Morgan fingerprint density at radius 2 is 2.15 bits per heavy atom. The van der Waals surface area contributed by atoms with Gasteiger partial charge in [0.15, 0.2) is 11.5 Å². The number of carbonyl (C=O) groups is 1. The fourth-order valence-electron chi connectivity index (χ4n) is 5.22. The highest BCUT2D eigenvalue weighted by molar-refractivity contribution is 7.10. The van der Waals surface area contributed by atoms with Gasteiger partial charge in [0.2, 0.25) is 5.91 Å². The number of fused-ring (bicyclic) bond motifs is 1. The van der Waals surface area contributed by atoms with Crippen LogP contribution in [0.2, 0.25) is 0 Å². The van der Waals surface area contributed by atoms with E-state index in [-0.39, 0.29) is 19.1 Å². The molecule has 5 aromatic heterocycles. The summed E-state index contributed by atoms with van der Waals surface area (Å²) in [5.41, 5.74) is 5.30. The van der Waals surface area contributed by atoms with Gasteiger partial charge in [0.1, 0.15) is 11.5 Å². The third-order valence-electron chi connectivity index (χ3n) is 7.12. The van der Waals surface area contributed by atoms with Gasteiger partial charge in [-0.2, -0.15) is 9.47 Å². The first-order valence-corrected chi connectivity index (χ1v) is 14.4. The van der Waals surface area contributed by atoms with Gasteiger partial charge in [-0.05, 0) is 55.9 Å². The van der Waals surface area contributed by atoms with Gasteiger partial charge in [0.05, 0.1) is 36.1 Å². The Labute approximate surface area is 241 Å². The number of anilines is 3. The molecule has 3 N–H and O–H groups in total. The second-order valence-electron chi connectivity index (χ2n) is 10.5. The zero-order valence-corrected chi connectivity index (χ0v) is 23.8. The molecule has 1 aliphatic rings. The maximum absolute atomic E-state index is 12.6. The van der Waals surface area contributed by atoms with E-state index in [0.717, 1.165) is 53.2 Å². The van der Waals surface area contributed by atoms with Crippen molar-refractivity contribution in [3.63, 3.8) is 0 Å². The van der Waals surface area contributed by atoms with Crippen molar-refractivity contribution in [2.24, 2.45) is 5.92 Å². The number of imidazole rings is 1. The number of rotatable bonds is 9. The quantitative estimate of drug-likeness (QED) is 0.240. The van der Waals surface area contributed by atoms with Crippen molar-refractivity contribution in [2.45, 2.75) is 46.4 Å². The number of hydrogen-bond donors (Lipinski definition) is 3. The van der Waals surface area contributed by atoms with E-state index < -0.39 is 0 Å². The molecule has 12 nitrogen and oxygen atoms in total. The number of aryl methyl sites for hydroxylation is 1. The lowest BCUT2D eigenvalue weighted by molar-refractivity contribution is -0.116. The zero-order chi connectivity index (χ0) is 28.3. The highest BCUT2D eigenvalue weighted by Gasteiger charge is 2.19. The molecule has 13 heteroatoms. The second kappa shape index (κ2) is 11.7.